The Labute approximate surface area is 102 Å². The topological polar surface area (TPSA) is 117 Å². The zero-order valence-corrected chi connectivity index (χ0v) is 9.75. The van der Waals surface area contributed by atoms with E-state index < -0.39 is 16.8 Å². The van der Waals surface area contributed by atoms with Gasteiger partial charge in [-0.3, -0.25) is 9.59 Å². The molecule has 1 amide bonds. The van der Waals surface area contributed by atoms with E-state index in [9.17, 15) is 19.7 Å². The van der Waals surface area contributed by atoms with Gasteiger partial charge in [-0.1, -0.05) is 0 Å². The normalized spacial score (nSPS) is 10.1. The molecule has 0 aliphatic carbocycles. The Bertz CT molecular complexity index is 468. The molecular formula is C10H13N3O5. The number of carbonyl (C=O) groups excluding carboxylic acids is 1. The highest BCUT2D eigenvalue weighted by Crippen LogP contribution is 2.12. The van der Waals surface area contributed by atoms with Gasteiger partial charge in [0.15, 0.2) is 5.69 Å². The number of rotatable bonds is 6. The van der Waals surface area contributed by atoms with E-state index in [2.05, 4.69) is 4.98 Å². The predicted molar refractivity (Wildman–Crippen MR) is 61.3 cm³/mol. The summed E-state index contributed by atoms with van der Waals surface area (Å²) in [6.07, 6.45) is -0.164. The quantitative estimate of drug-likeness (QED) is 0.577. The maximum absolute atomic E-state index is 11.9. The van der Waals surface area contributed by atoms with Gasteiger partial charge in [0.25, 0.3) is 5.91 Å². The van der Waals surface area contributed by atoms with Gasteiger partial charge in [0, 0.05) is 19.2 Å². The molecule has 18 heavy (non-hydrogen) atoms. The Morgan fingerprint density at radius 2 is 2.17 bits per heavy atom. The summed E-state index contributed by atoms with van der Waals surface area (Å²) in [6, 6.07) is 2.50. The van der Waals surface area contributed by atoms with Crippen LogP contribution < -0.4 is 0 Å². The van der Waals surface area contributed by atoms with Crippen molar-refractivity contribution in [3.63, 3.8) is 0 Å². The van der Waals surface area contributed by atoms with Gasteiger partial charge in [-0.25, -0.2) is 4.98 Å². The van der Waals surface area contributed by atoms with E-state index in [-0.39, 0.29) is 24.5 Å². The van der Waals surface area contributed by atoms with Gasteiger partial charge in [0.2, 0.25) is 0 Å². The maximum Gasteiger partial charge on any atom is 0.321 e. The highest BCUT2D eigenvalue weighted by molar-refractivity contribution is 5.93. The molecule has 0 aromatic carbocycles. The van der Waals surface area contributed by atoms with Gasteiger partial charge in [-0.05, 0) is 17.9 Å². The third-order valence-electron chi connectivity index (χ3n) is 2.36. The average Bonchev–Trinajstić information content (AvgIpc) is 2.78. The fourth-order valence-corrected chi connectivity index (χ4v) is 1.42. The fourth-order valence-electron chi connectivity index (χ4n) is 1.42. The van der Waals surface area contributed by atoms with Crippen LogP contribution in [0.1, 0.15) is 23.8 Å². The zero-order valence-electron chi connectivity index (χ0n) is 9.75. The fraction of sp³-hybridized carbons (Fsp3) is 0.400. The van der Waals surface area contributed by atoms with Crippen LogP contribution in [-0.2, 0) is 4.79 Å². The first-order chi connectivity index (χ1) is 8.45. The van der Waals surface area contributed by atoms with Crippen LogP contribution in [0.5, 0.6) is 0 Å². The van der Waals surface area contributed by atoms with Gasteiger partial charge in [-0.2, -0.15) is 0 Å². The first kappa shape index (κ1) is 13.7. The van der Waals surface area contributed by atoms with E-state index in [0.717, 1.165) is 0 Å². The van der Waals surface area contributed by atoms with Crippen molar-refractivity contribution in [2.75, 3.05) is 13.1 Å². The summed E-state index contributed by atoms with van der Waals surface area (Å²) < 4.78 is 0. The molecule has 1 heterocycles. The summed E-state index contributed by atoms with van der Waals surface area (Å²) in [5, 5.41) is 19.0. The summed E-state index contributed by atoms with van der Waals surface area (Å²) in [5.74, 6) is -1.72. The summed E-state index contributed by atoms with van der Waals surface area (Å²) in [7, 11) is 0. The molecule has 0 bridgehead atoms. The highest BCUT2D eigenvalue weighted by Gasteiger charge is 2.20. The second-order valence-electron chi connectivity index (χ2n) is 3.54. The van der Waals surface area contributed by atoms with Crippen LogP contribution in [0, 0.1) is 10.1 Å². The van der Waals surface area contributed by atoms with Gasteiger partial charge in [-0.15, -0.1) is 0 Å². The van der Waals surface area contributed by atoms with E-state index in [1.165, 1.54) is 17.0 Å². The van der Waals surface area contributed by atoms with E-state index in [1.54, 1.807) is 6.92 Å². The largest absolute Gasteiger partial charge is 0.481 e. The Morgan fingerprint density at radius 1 is 1.50 bits per heavy atom. The smallest absolute Gasteiger partial charge is 0.321 e. The first-order valence-corrected chi connectivity index (χ1v) is 5.30. The number of nitrogens with one attached hydrogen (secondary N) is 1. The molecule has 1 aromatic heterocycles. The highest BCUT2D eigenvalue weighted by atomic mass is 16.6. The van der Waals surface area contributed by atoms with E-state index in [1.807, 2.05) is 0 Å². The van der Waals surface area contributed by atoms with Crippen LogP contribution in [0.25, 0.3) is 0 Å². The van der Waals surface area contributed by atoms with E-state index >= 15 is 0 Å². The molecule has 0 aliphatic heterocycles. The third-order valence-corrected chi connectivity index (χ3v) is 2.36. The van der Waals surface area contributed by atoms with Crippen LogP contribution in [0.15, 0.2) is 12.1 Å². The lowest BCUT2D eigenvalue weighted by Gasteiger charge is -2.17. The number of aliphatic carboxylic acids is 1. The van der Waals surface area contributed by atoms with Crippen molar-refractivity contribution in [1.29, 1.82) is 0 Å². The van der Waals surface area contributed by atoms with Crippen LogP contribution in [0.2, 0.25) is 0 Å². The lowest BCUT2D eigenvalue weighted by Crippen LogP contribution is -2.33. The molecule has 0 saturated carbocycles. The molecule has 0 aliphatic rings. The second-order valence-corrected chi connectivity index (χ2v) is 3.54. The number of aromatic amines is 1. The van der Waals surface area contributed by atoms with Gasteiger partial charge < -0.3 is 20.1 Å². The summed E-state index contributed by atoms with van der Waals surface area (Å²) in [4.78, 5) is 35.9. The molecule has 8 heteroatoms. The molecule has 0 unspecified atom stereocenters. The van der Waals surface area contributed by atoms with Gasteiger partial charge in [0.05, 0.1) is 6.42 Å². The number of nitrogens with zero attached hydrogens (tertiary/aromatic N) is 2. The molecule has 1 aromatic rings. The molecule has 1 rings (SSSR count). The molecule has 0 spiro atoms. The van der Waals surface area contributed by atoms with Crippen molar-refractivity contribution in [2.45, 2.75) is 13.3 Å². The molecule has 2 N–H and O–H groups in total. The Morgan fingerprint density at radius 3 is 2.61 bits per heavy atom. The lowest BCUT2D eigenvalue weighted by molar-refractivity contribution is -0.389. The molecule has 0 saturated heterocycles. The summed E-state index contributed by atoms with van der Waals surface area (Å²) >= 11 is 0. The lowest BCUT2D eigenvalue weighted by atomic mass is 10.3. The minimum absolute atomic E-state index is 0.0669. The number of hydrogen-bond donors (Lipinski definition) is 2. The number of aromatic nitrogens is 1. The van der Waals surface area contributed by atoms with Crippen molar-refractivity contribution in [2.24, 2.45) is 0 Å². The minimum Gasteiger partial charge on any atom is -0.481 e. The minimum atomic E-state index is -1.00. The summed E-state index contributed by atoms with van der Waals surface area (Å²) in [6.45, 7) is 2.10. The number of carboxylic acid groups (broad SMARTS) is 1. The van der Waals surface area contributed by atoms with Gasteiger partial charge in [0.1, 0.15) is 0 Å². The Kier molecular flexibility index (Phi) is 4.41. The molecule has 0 fully saturated rings. The first-order valence-electron chi connectivity index (χ1n) is 5.30. The SMILES string of the molecule is CCN(CCC(=O)O)C(=O)c1ccc([N+](=O)[O-])[nH]1. The molecule has 8 nitrogen and oxygen atoms in total. The van der Waals surface area contributed by atoms with E-state index in [4.69, 9.17) is 5.11 Å². The van der Waals surface area contributed by atoms with Crippen molar-refractivity contribution < 1.29 is 19.6 Å². The third kappa shape index (κ3) is 3.30. The maximum atomic E-state index is 11.9. The Balaban J connectivity index is 2.76. The molecule has 98 valence electrons. The van der Waals surface area contributed by atoms with Crippen LogP contribution in [0.3, 0.4) is 0 Å². The number of hydrogen-bond acceptors (Lipinski definition) is 4. The predicted octanol–water partition coefficient (Wildman–Crippen LogP) is 0.860. The van der Waals surface area contributed by atoms with E-state index in [0.29, 0.717) is 6.54 Å². The summed E-state index contributed by atoms with van der Waals surface area (Å²) in [5.41, 5.74) is 0.0777. The molecular weight excluding hydrogens is 242 g/mol. The van der Waals surface area contributed by atoms with Crippen molar-refractivity contribution in [3.8, 4) is 0 Å². The number of amides is 1. The zero-order chi connectivity index (χ0) is 13.7. The molecule has 0 radical (unpaired) electrons. The van der Waals surface area contributed by atoms with Crippen LogP contribution in [0.4, 0.5) is 5.82 Å². The second kappa shape index (κ2) is 5.80. The van der Waals surface area contributed by atoms with Crippen LogP contribution in [-0.4, -0.2) is 44.9 Å². The standard InChI is InChI=1S/C10H13N3O5/c1-2-12(6-5-9(14)15)10(16)7-3-4-8(11-7)13(17)18/h3-4,11H,2,5-6H2,1H3,(H,14,15). The van der Waals surface area contributed by atoms with Crippen molar-refractivity contribution in [3.05, 3.63) is 27.9 Å². The average molecular weight is 255 g/mol. The Hall–Kier alpha value is -2.38. The number of carboxylic acids is 1. The monoisotopic (exact) mass is 255 g/mol. The van der Waals surface area contributed by atoms with Crippen LogP contribution >= 0.6 is 0 Å². The molecule has 0 atom stereocenters. The van der Waals surface area contributed by atoms with Gasteiger partial charge >= 0.3 is 11.8 Å². The number of carbonyl (C=O) groups is 2. The number of nitro groups is 1. The van der Waals surface area contributed by atoms with Crippen molar-refractivity contribution in [1.82, 2.24) is 9.88 Å². The number of H-pyrrole nitrogens is 1. The van der Waals surface area contributed by atoms with Crippen molar-refractivity contribution >= 4 is 17.7 Å².